The molecule has 1 unspecified atom stereocenters. The first-order valence-electron chi connectivity index (χ1n) is 10.9. The minimum Gasteiger partial charge on any atom is -0.493 e. The second-order valence-electron chi connectivity index (χ2n) is 8.38. The third-order valence-corrected chi connectivity index (χ3v) is 6.37. The number of benzene rings is 1. The Balaban J connectivity index is 1.48. The van der Waals surface area contributed by atoms with Crippen molar-refractivity contribution in [3.8, 4) is 11.5 Å². The first-order chi connectivity index (χ1) is 14.9. The summed E-state index contributed by atoms with van der Waals surface area (Å²) in [5, 5.41) is 8.83. The van der Waals surface area contributed by atoms with Crippen molar-refractivity contribution in [2.24, 2.45) is 11.8 Å². The average molecular weight is 433 g/mol. The van der Waals surface area contributed by atoms with Crippen LogP contribution in [0, 0.1) is 11.8 Å². The van der Waals surface area contributed by atoms with Crippen molar-refractivity contribution >= 4 is 17.8 Å². The van der Waals surface area contributed by atoms with Gasteiger partial charge in [0.15, 0.2) is 11.5 Å². The molecule has 1 N–H and O–H groups in total. The maximum absolute atomic E-state index is 12.9. The first kappa shape index (κ1) is 22.9. The van der Waals surface area contributed by atoms with Crippen molar-refractivity contribution in [2.75, 3.05) is 40.4 Å². The minimum atomic E-state index is -0.767. The van der Waals surface area contributed by atoms with Gasteiger partial charge in [0.1, 0.15) is 0 Å². The number of likely N-dealkylation sites (tertiary alicyclic amines) is 2. The van der Waals surface area contributed by atoms with E-state index in [4.69, 9.17) is 14.6 Å². The molecule has 2 fully saturated rings. The molecule has 1 atom stereocenters. The second kappa shape index (κ2) is 10.5. The van der Waals surface area contributed by atoms with Gasteiger partial charge in [0.05, 0.1) is 20.1 Å². The van der Waals surface area contributed by atoms with Gasteiger partial charge >= 0.3 is 5.97 Å². The van der Waals surface area contributed by atoms with Gasteiger partial charge in [-0.05, 0) is 49.3 Å². The lowest BCUT2D eigenvalue weighted by molar-refractivity contribution is -0.139. The summed E-state index contributed by atoms with van der Waals surface area (Å²) in [6.45, 7) is 2.33. The Morgan fingerprint density at radius 1 is 1.13 bits per heavy atom. The minimum absolute atomic E-state index is 0.0233. The van der Waals surface area contributed by atoms with Gasteiger partial charge in [0.2, 0.25) is 11.8 Å². The number of hydrogen-bond donors (Lipinski definition) is 1. The van der Waals surface area contributed by atoms with Crippen LogP contribution in [0.1, 0.15) is 37.7 Å². The Labute approximate surface area is 183 Å². The number of rotatable bonds is 9. The van der Waals surface area contributed by atoms with Crippen LogP contribution in [-0.4, -0.2) is 73.1 Å². The average Bonchev–Trinajstić information content (AvgIpc) is 3.16. The van der Waals surface area contributed by atoms with Gasteiger partial charge < -0.3 is 24.4 Å². The molecule has 0 bridgehead atoms. The summed E-state index contributed by atoms with van der Waals surface area (Å²) in [5.41, 5.74) is 1.05. The number of hydrogen-bond acceptors (Lipinski definition) is 5. The molecule has 0 aliphatic carbocycles. The fraction of sp³-hybridized carbons (Fsp3) is 0.609. The zero-order chi connectivity index (χ0) is 22.4. The number of piperidine rings is 1. The normalized spacial score (nSPS) is 19.5. The molecule has 3 rings (SSSR count). The molecule has 2 amide bonds. The van der Waals surface area contributed by atoms with E-state index in [0.717, 1.165) is 18.4 Å². The molecule has 2 aliphatic rings. The number of carboxylic acid groups (broad SMARTS) is 1. The number of ether oxygens (including phenoxy) is 2. The van der Waals surface area contributed by atoms with Crippen LogP contribution in [0.25, 0.3) is 0 Å². The lowest BCUT2D eigenvalue weighted by Gasteiger charge is -2.33. The highest BCUT2D eigenvalue weighted by Crippen LogP contribution is 2.29. The molecule has 2 heterocycles. The van der Waals surface area contributed by atoms with Crippen LogP contribution in [0.2, 0.25) is 0 Å². The van der Waals surface area contributed by atoms with Crippen LogP contribution in [-0.2, 0) is 20.8 Å². The van der Waals surface area contributed by atoms with Gasteiger partial charge in [0, 0.05) is 39.0 Å². The van der Waals surface area contributed by atoms with Crippen LogP contribution in [0.3, 0.4) is 0 Å². The maximum Gasteiger partial charge on any atom is 0.303 e. The summed E-state index contributed by atoms with van der Waals surface area (Å²) in [7, 11) is 3.19. The molecule has 31 heavy (non-hydrogen) atoms. The van der Waals surface area contributed by atoms with E-state index < -0.39 is 5.97 Å². The van der Waals surface area contributed by atoms with Crippen molar-refractivity contribution in [1.29, 1.82) is 0 Å². The predicted molar refractivity (Wildman–Crippen MR) is 114 cm³/mol. The standard InChI is InChI=1S/C23H32N2O6/c1-30-19-5-3-17(13-20(19)31-2)9-12-25-15-18(14-21(25)26)23(29)24-10-7-16(8-11-24)4-6-22(27)28/h3,5,13,16,18H,4,6-12,14-15H2,1-2H3,(H,27,28). The Kier molecular flexibility index (Phi) is 7.76. The smallest absolute Gasteiger partial charge is 0.303 e. The molecule has 0 aromatic heterocycles. The summed E-state index contributed by atoms with van der Waals surface area (Å²) < 4.78 is 10.6. The highest BCUT2D eigenvalue weighted by atomic mass is 16.5. The maximum atomic E-state index is 12.9. The zero-order valence-corrected chi connectivity index (χ0v) is 18.3. The van der Waals surface area contributed by atoms with Crippen molar-refractivity contribution in [3.63, 3.8) is 0 Å². The molecule has 2 saturated heterocycles. The highest BCUT2D eigenvalue weighted by Gasteiger charge is 2.37. The molecular weight excluding hydrogens is 400 g/mol. The zero-order valence-electron chi connectivity index (χ0n) is 18.3. The lowest BCUT2D eigenvalue weighted by Crippen LogP contribution is -2.42. The Morgan fingerprint density at radius 3 is 2.48 bits per heavy atom. The highest BCUT2D eigenvalue weighted by molar-refractivity contribution is 5.89. The number of aliphatic carboxylic acids is 1. The topological polar surface area (TPSA) is 96.4 Å². The number of nitrogens with zero attached hydrogens (tertiary/aromatic N) is 2. The second-order valence-corrected chi connectivity index (χ2v) is 8.38. The molecule has 0 spiro atoms. The quantitative estimate of drug-likeness (QED) is 0.643. The molecule has 0 saturated carbocycles. The van der Waals surface area contributed by atoms with Gasteiger partial charge in [-0.3, -0.25) is 14.4 Å². The van der Waals surface area contributed by atoms with Crippen LogP contribution >= 0.6 is 0 Å². The molecule has 170 valence electrons. The van der Waals surface area contributed by atoms with E-state index in [1.54, 1.807) is 19.1 Å². The van der Waals surface area contributed by atoms with Crippen LogP contribution in [0.5, 0.6) is 11.5 Å². The van der Waals surface area contributed by atoms with E-state index in [2.05, 4.69) is 0 Å². The van der Waals surface area contributed by atoms with E-state index in [-0.39, 0.29) is 30.6 Å². The number of carbonyl (C=O) groups is 3. The fourth-order valence-electron chi connectivity index (χ4n) is 4.48. The number of carboxylic acids is 1. The number of methoxy groups -OCH3 is 2. The van der Waals surface area contributed by atoms with Crippen LogP contribution in [0.4, 0.5) is 0 Å². The van der Waals surface area contributed by atoms with Crippen LogP contribution < -0.4 is 9.47 Å². The molecule has 1 aromatic rings. The fourth-order valence-corrected chi connectivity index (χ4v) is 4.48. The monoisotopic (exact) mass is 432 g/mol. The van der Waals surface area contributed by atoms with Crippen LogP contribution in [0.15, 0.2) is 18.2 Å². The SMILES string of the molecule is COc1ccc(CCN2CC(C(=O)N3CCC(CCC(=O)O)CC3)CC2=O)cc1OC. The Morgan fingerprint density at radius 2 is 1.84 bits per heavy atom. The number of amides is 2. The summed E-state index contributed by atoms with van der Waals surface area (Å²) >= 11 is 0. The molecule has 8 heteroatoms. The van der Waals surface area contributed by atoms with E-state index in [9.17, 15) is 14.4 Å². The summed E-state index contributed by atoms with van der Waals surface area (Å²) in [6, 6.07) is 5.72. The van der Waals surface area contributed by atoms with Gasteiger partial charge in [-0.1, -0.05) is 6.07 Å². The van der Waals surface area contributed by atoms with E-state index in [0.29, 0.717) is 56.4 Å². The molecular formula is C23H32N2O6. The van der Waals surface area contributed by atoms with Gasteiger partial charge in [-0.15, -0.1) is 0 Å². The Bertz CT molecular complexity index is 803. The molecule has 8 nitrogen and oxygen atoms in total. The van der Waals surface area contributed by atoms with Crippen molar-refractivity contribution in [3.05, 3.63) is 23.8 Å². The largest absolute Gasteiger partial charge is 0.493 e. The summed E-state index contributed by atoms with van der Waals surface area (Å²) in [4.78, 5) is 39.8. The molecule has 2 aliphatic heterocycles. The third kappa shape index (κ3) is 5.89. The molecule has 0 radical (unpaired) electrons. The summed E-state index contributed by atoms with van der Waals surface area (Å²) in [6.07, 6.45) is 3.48. The van der Waals surface area contributed by atoms with Crippen molar-refractivity contribution < 1.29 is 29.0 Å². The van der Waals surface area contributed by atoms with Gasteiger partial charge in [-0.2, -0.15) is 0 Å². The Hall–Kier alpha value is -2.77. The predicted octanol–water partition coefficient (Wildman–Crippen LogP) is 2.20. The summed E-state index contributed by atoms with van der Waals surface area (Å²) in [5.74, 6) is 0.718. The van der Waals surface area contributed by atoms with Crippen molar-refractivity contribution in [2.45, 2.75) is 38.5 Å². The van der Waals surface area contributed by atoms with E-state index in [1.807, 2.05) is 23.1 Å². The third-order valence-electron chi connectivity index (χ3n) is 6.37. The van der Waals surface area contributed by atoms with E-state index in [1.165, 1.54) is 0 Å². The molecule has 1 aromatic carbocycles. The van der Waals surface area contributed by atoms with Crippen molar-refractivity contribution in [1.82, 2.24) is 9.80 Å². The first-order valence-corrected chi connectivity index (χ1v) is 10.9. The number of carbonyl (C=O) groups excluding carboxylic acids is 2. The van der Waals surface area contributed by atoms with Gasteiger partial charge in [-0.25, -0.2) is 0 Å². The van der Waals surface area contributed by atoms with E-state index >= 15 is 0 Å². The van der Waals surface area contributed by atoms with Gasteiger partial charge in [0.25, 0.3) is 0 Å². The lowest BCUT2D eigenvalue weighted by atomic mass is 9.91.